The predicted molar refractivity (Wildman–Crippen MR) is 166 cm³/mol. The summed E-state index contributed by atoms with van der Waals surface area (Å²) in [6.45, 7) is 3.04. The van der Waals surface area contributed by atoms with Gasteiger partial charge in [0.05, 0.1) is 0 Å². The maximum Gasteiger partial charge on any atom is 0.243 e. The zero-order valence-electron chi connectivity index (χ0n) is 23.0. The largest absolute Gasteiger partial charge is 0.354 e. The standard InChI is InChI=1S/C35H37BrN2O2/c1-2-3-22-37-35(40)33(24-27-14-7-4-8-15-27)38(26-28-16-13-21-31(36)23-28)34(39)25-32(29-17-9-5-10-18-29)30-19-11-6-12-20-30/h4-21,23,32-33H,2-3,22,24-26H2,1H3,(H,37,40)/t33-/m1/s1. The summed E-state index contributed by atoms with van der Waals surface area (Å²) < 4.78 is 0.941. The number of nitrogens with zero attached hydrogens (tertiary/aromatic N) is 1. The number of halogens is 1. The number of hydrogen-bond donors (Lipinski definition) is 1. The number of rotatable bonds is 13. The first-order valence-corrected chi connectivity index (χ1v) is 14.8. The Kier molecular flexibility index (Phi) is 11.1. The third-order valence-corrected chi connectivity index (χ3v) is 7.62. The molecular weight excluding hydrogens is 560 g/mol. The lowest BCUT2D eigenvalue weighted by Crippen LogP contribution is -2.51. The van der Waals surface area contributed by atoms with Crippen molar-refractivity contribution in [1.29, 1.82) is 0 Å². The van der Waals surface area contributed by atoms with E-state index in [1.807, 2.05) is 91.0 Å². The highest BCUT2D eigenvalue weighted by Gasteiger charge is 2.32. The molecule has 0 spiro atoms. The van der Waals surface area contributed by atoms with Gasteiger partial charge in [0.1, 0.15) is 6.04 Å². The van der Waals surface area contributed by atoms with Crippen molar-refractivity contribution in [2.75, 3.05) is 6.54 Å². The Hall–Kier alpha value is -3.70. The molecule has 2 amide bonds. The van der Waals surface area contributed by atoms with E-state index >= 15 is 0 Å². The molecule has 0 saturated heterocycles. The van der Waals surface area contributed by atoms with Gasteiger partial charge in [-0.05, 0) is 40.8 Å². The van der Waals surface area contributed by atoms with E-state index in [-0.39, 0.29) is 24.2 Å². The van der Waals surface area contributed by atoms with E-state index in [9.17, 15) is 9.59 Å². The topological polar surface area (TPSA) is 49.4 Å². The summed E-state index contributed by atoms with van der Waals surface area (Å²) in [6.07, 6.45) is 2.59. The lowest BCUT2D eigenvalue weighted by atomic mass is 9.87. The first-order valence-electron chi connectivity index (χ1n) is 14.0. The van der Waals surface area contributed by atoms with Crippen LogP contribution in [0.25, 0.3) is 0 Å². The average molecular weight is 598 g/mol. The number of hydrogen-bond acceptors (Lipinski definition) is 2. The minimum absolute atomic E-state index is 0.0516. The van der Waals surface area contributed by atoms with Crippen LogP contribution in [0.3, 0.4) is 0 Å². The summed E-state index contributed by atoms with van der Waals surface area (Å²) in [5.41, 5.74) is 4.15. The third-order valence-electron chi connectivity index (χ3n) is 7.13. The van der Waals surface area contributed by atoms with Crippen LogP contribution in [0.1, 0.15) is 54.4 Å². The van der Waals surface area contributed by atoms with Gasteiger partial charge in [-0.2, -0.15) is 0 Å². The Labute approximate surface area is 246 Å². The van der Waals surface area contributed by atoms with Crippen molar-refractivity contribution in [2.24, 2.45) is 0 Å². The van der Waals surface area contributed by atoms with Gasteiger partial charge in [0.25, 0.3) is 0 Å². The van der Waals surface area contributed by atoms with Crippen LogP contribution in [0.15, 0.2) is 120 Å². The smallest absolute Gasteiger partial charge is 0.243 e. The van der Waals surface area contributed by atoms with E-state index in [1.165, 1.54) is 0 Å². The molecule has 0 bridgehead atoms. The Bertz CT molecular complexity index is 1310. The number of carbonyl (C=O) groups is 2. The fourth-order valence-electron chi connectivity index (χ4n) is 4.98. The van der Waals surface area contributed by atoms with Crippen LogP contribution in [0, 0.1) is 0 Å². The van der Waals surface area contributed by atoms with Gasteiger partial charge in [0.2, 0.25) is 11.8 Å². The summed E-state index contributed by atoms with van der Waals surface area (Å²) in [6, 6.07) is 37.6. The normalized spacial score (nSPS) is 11.7. The SMILES string of the molecule is CCCCNC(=O)[C@@H](Cc1ccccc1)N(Cc1cccc(Br)c1)C(=O)CC(c1ccccc1)c1ccccc1. The van der Waals surface area contributed by atoms with E-state index in [2.05, 4.69) is 52.4 Å². The molecule has 206 valence electrons. The highest BCUT2D eigenvalue weighted by atomic mass is 79.9. The van der Waals surface area contributed by atoms with Crippen molar-refractivity contribution < 1.29 is 9.59 Å². The van der Waals surface area contributed by atoms with Gasteiger partial charge >= 0.3 is 0 Å². The van der Waals surface area contributed by atoms with Crippen LogP contribution in [-0.4, -0.2) is 29.3 Å². The quantitative estimate of drug-likeness (QED) is 0.162. The maximum atomic E-state index is 14.4. The molecule has 0 aliphatic carbocycles. The Balaban J connectivity index is 1.71. The second-order valence-corrected chi connectivity index (χ2v) is 11.0. The van der Waals surface area contributed by atoms with Crippen LogP contribution in [0.2, 0.25) is 0 Å². The minimum Gasteiger partial charge on any atom is -0.354 e. The highest BCUT2D eigenvalue weighted by molar-refractivity contribution is 9.10. The van der Waals surface area contributed by atoms with Gasteiger partial charge in [-0.3, -0.25) is 9.59 Å². The molecule has 40 heavy (non-hydrogen) atoms. The van der Waals surface area contributed by atoms with Gasteiger partial charge < -0.3 is 10.2 Å². The van der Waals surface area contributed by atoms with Crippen LogP contribution in [-0.2, 0) is 22.6 Å². The van der Waals surface area contributed by atoms with Gasteiger partial charge in [-0.15, -0.1) is 0 Å². The van der Waals surface area contributed by atoms with Gasteiger partial charge in [-0.25, -0.2) is 0 Å². The zero-order chi connectivity index (χ0) is 28.2. The van der Waals surface area contributed by atoms with Crippen molar-refractivity contribution in [3.05, 3.63) is 142 Å². The van der Waals surface area contributed by atoms with Crippen LogP contribution >= 0.6 is 15.9 Å². The first-order chi connectivity index (χ1) is 19.5. The minimum atomic E-state index is -0.641. The summed E-state index contributed by atoms with van der Waals surface area (Å²) >= 11 is 3.57. The lowest BCUT2D eigenvalue weighted by molar-refractivity contribution is -0.141. The molecule has 0 heterocycles. The number of benzene rings is 4. The summed E-state index contributed by atoms with van der Waals surface area (Å²) in [5, 5.41) is 3.11. The molecule has 1 atom stereocenters. The third kappa shape index (κ3) is 8.40. The van der Waals surface area contributed by atoms with Crippen molar-refractivity contribution in [3.63, 3.8) is 0 Å². The van der Waals surface area contributed by atoms with Crippen LogP contribution < -0.4 is 5.32 Å². The van der Waals surface area contributed by atoms with Crippen molar-refractivity contribution in [1.82, 2.24) is 10.2 Å². The molecule has 4 aromatic rings. The van der Waals surface area contributed by atoms with Gasteiger partial charge in [-0.1, -0.05) is 132 Å². The fraction of sp³-hybridized carbons (Fsp3) is 0.257. The summed E-state index contributed by atoms with van der Waals surface area (Å²) in [4.78, 5) is 29.9. The van der Waals surface area contributed by atoms with Crippen LogP contribution in [0.4, 0.5) is 0 Å². The number of amides is 2. The molecule has 5 heteroatoms. The van der Waals surface area contributed by atoms with Gasteiger partial charge in [0.15, 0.2) is 0 Å². The molecule has 4 rings (SSSR count). The molecule has 4 nitrogen and oxygen atoms in total. The number of unbranched alkanes of at least 4 members (excludes halogenated alkanes) is 1. The van der Waals surface area contributed by atoms with Crippen molar-refractivity contribution >= 4 is 27.7 Å². The molecule has 0 aromatic heterocycles. The summed E-state index contributed by atoms with van der Waals surface area (Å²) in [5.74, 6) is -0.290. The fourth-order valence-corrected chi connectivity index (χ4v) is 5.43. The molecule has 0 aliphatic rings. The first kappa shape index (κ1) is 29.3. The summed E-state index contributed by atoms with van der Waals surface area (Å²) in [7, 11) is 0. The Morgan fingerprint density at radius 2 is 1.35 bits per heavy atom. The molecule has 0 radical (unpaired) electrons. The van der Waals surface area contributed by atoms with E-state index in [4.69, 9.17) is 0 Å². The molecule has 0 aliphatic heterocycles. The molecular formula is C35H37BrN2O2. The van der Waals surface area contributed by atoms with E-state index in [1.54, 1.807) is 4.90 Å². The average Bonchev–Trinajstić information content (AvgIpc) is 2.99. The van der Waals surface area contributed by atoms with E-state index in [0.717, 1.165) is 39.6 Å². The second-order valence-electron chi connectivity index (χ2n) is 10.1. The van der Waals surface area contributed by atoms with Crippen molar-refractivity contribution in [3.8, 4) is 0 Å². The predicted octanol–water partition coefficient (Wildman–Crippen LogP) is 7.53. The van der Waals surface area contributed by atoms with Crippen molar-refractivity contribution in [2.45, 2.75) is 51.1 Å². The second kappa shape index (κ2) is 15.2. The highest BCUT2D eigenvalue weighted by Crippen LogP contribution is 2.30. The Morgan fingerprint density at radius 3 is 1.93 bits per heavy atom. The number of carbonyl (C=O) groups excluding carboxylic acids is 2. The van der Waals surface area contributed by atoms with E-state index in [0.29, 0.717) is 19.5 Å². The maximum absolute atomic E-state index is 14.4. The lowest BCUT2D eigenvalue weighted by Gasteiger charge is -2.33. The number of nitrogens with one attached hydrogen (secondary N) is 1. The Morgan fingerprint density at radius 1 is 0.775 bits per heavy atom. The molecule has 0 fully saturated rings. The van der Waals surface area contributed by atoms with Crippen LogP contribution in [0.5, 0.6) is 0 Å². The monoisotopic (exact) mass is 596 g/mol. The van der Waals surface area contributed by atoms with E-state index < -0.39 is 6.04 Å². The molecule has 0 unspecified atom stereocenters. The molecule has 4 aromatic carbocycles. The van der Waals surface area contributed by atoms with Gasteiger partial charge in [0, 0.05) is 36.3 Å². The molecule has 1 N–H and O–H groups in total. The zero-order valence-corrected chi connectivity index (χ0v) is 24.6. The molecule has 0 saturated carbocycles.